The lowest BCUT2D eigenvalue weighted by atomic mass is 9.88. The number of primary amides is 1. The molecule has 4 fully saturated rings. The summed E-state index contributed by atoms with van der Waals surface area (Å²) in [5.74, 6) is -2.74. The van der Waals surface area contributed by atoms with Crippen LogP contribution in [0.15, 0.2) is 121 Å². The van der Waals surface area contributed by atoms with Crippen molar-refractivity contribution in [3.8, 4) is 0 Å². The maximum absolute atomic E-state index is 15.5. The molecular weight excluding hydrogens is 703 g/mol. The van der Waals surface area contributed by atoms with Crippen LogP contribution in [0.25, 0.3) is 0 Å². The first-order chi connectivity index (χ1) is 27.2. The molecule has 0 unspecified atom stereocenters. The van der Waals surface area contributed by atoms with Crippen LogP contribution in [0.1, 0.15) is 78.5 Å². The topological polar surface area (TPSA) is 124 Å². The SMILES string of the molecule is CC(=O)N1CC[C@@H](c2ccccc2)[C@H]1C(=O)N1CC[C@@H](c2ccccc2)[C@H]1C(=O)N1CC[C@@H](c2ccccc2)[C@H]1C(=O)N1CC[C@@H](c2ccccc2)[C@H]1C(N)=O. The molecule has 10 heteroatoms. The molecule has 5 amide bonds. The zero-order chi connectivity index (χ0) is 38.9. The van der Waals surface area contributed by atoms with Crippen molar-refractivity contribution in [3.05, 3.63) is 144 Å². The molecule has 4 saturated heterocycles. The second-order valence-electron chi connectivity index (χ2n) is 15.7. The van der Waals surface area contributed by atoms with Crippen molar-refractivity contribution in [1.29, 1.82) is 0 Å². The molecule has 10 nitrogen and oxygen atoms in total. The summed E-state index contributed by atoms with van der Waals surface area (Å²) in [6, 6.07) is 35.6. The van der Waals surface area contributed by atoms with E-state index in [1.165, 1.54) is 6.92 Å². The summed E-state index contributed by atoms with van der Waals surface area (Å²) >= 11 is 0. The van der Waals surface area contributed by atoms with E-state index in [1.54, 1.807) is 19.6 Å². The Morgan fingerprint density at radius 2 is 0.661 bits per heavy atom. The Morgan fingerprint density at radius 1 is 0.411 bits per heavy atom. The quantitative estimate of drug-likeness (QED) is 0.271. The van der Waals surface area contributed by atoms with Crippen LogP contribution in [0.5, 0.6) is 0 Å². The van der Waals surface area contributed by atoms with Crippen LogP contribution in [0, 0.1) is 0 Å². The van der Waals surface area contributed by atoms with Crippen molar-refractivity contribution in [3.63, 3.8) is 0 Å². The maximum Gasteiger partial charge on any atom is 0.246 e. The van der Waals surface area contributed by atoms with Crippen LogP contribution in [0.4, 0.5) is 0 Å². The van der Waals surface area contributed by atoms with Gasteiger partial charge in [0.25, 0.3) is 0 Å². The van der Waals surface area contributed by atoms with E-state index in [0.717, 1.165) is 22.3 Å². The second kappa shape index (κ2) is 15.8. The molecule has 4 aliphatic heterocycles. The summed E-state index contributed by atoms with van der Waals surface area (Å²) in [6.45, 7) is 2.92. The predicted octanol–water partition coefficient (Wildman–Crippen LogP) is 5.03. The third kappa shape index (κ3) is 6.75. The number of carbonyl (C=O) groups is 5. The van der Waals surface area contributed by atoms with E-state index in [4.69, 9.17) is 5.73 Å². The summed E-state index contributed by atoms with van der Waals surface area (Å²) in [7, 11) is 0. The normalized spacial score (nSPS) is 27.4. The van der Waals surface area contributed by atoms with E-state index in [9.17, 15) is 9.59 Å². The number of amides is 5. The van der Waals surface area contributed by atoms with Crippen molar-refractivity contribution in [2.45, 2.75) is 80.4 Å². The van der Waals surface area contributed by atoms with E-state index in [2.05, 4.69) is 0 Å². The van der Waals surface area contributed by atoms with E-state index >= 15 is 14.4 Å². The average molecular weight is 752 g/mol. The van der Waals surface area contributed by atoms with Crippen LogP contribution in [-0.2, 0) is 24.0 Å². The standard InChI is InChI=1S/C46H49N5O5/c1-30(52)48-26-22-36(32-16-8-3-9-17-32)40(48)44(54)50-28-24-38(34-20-12-5-13-21-34)42(50)46(56)51-29-25-37(33-18-10-4-11-19-33)41(51)45(55)49-27-23-35(39(49)43(47)53)31-14-6-2-7-15-31/h2-21,35-42H,22-29H2,1H3,(H2,47,53)/t35-,36-,37-,38-,39-,40-,41-,42-/m0/s1. The van der Waals surface area contributed by atoms with Gasteiger partial charge in [-0.05, 0) is 47.9 Å². The molecule has 4 aromatic rings. The Kier molecular flexibility index (Phi) is 10.5. The molecule has 8 rings (SSSR count). The lowest BCUT2D eigenvalue weighted by Crippen LogP contribution is -2.59. The lowest BCUT2D eigenvalue weighted by molar-refractivity contribution is -0.153. The summed E-state index contributed by atoms with van der Waals surface area (Å²) in [6.07, 6.45) is 2.30. The van der Waals surface area contributed by atoms with Gasteiger partial charge in [0, 0.05) is 56.8 Å². The highest BCUT2D eigenvalue weighted by Gasteiger charge is 2.55. The molecule has 0 aromatic heterocycles. The number of hydrogen-bond acceptors (Lipinski definition) is 5. The summed E-state index contributed by atoms with van der Waals surface area (Å²) < 4.78 is 0. The van der Waals surface area contributed by atoms with Gasteiger partial charge in [-0.3, -0.25) is 24.0 Å². The Bertz CT molecular complexity index is 2060. The largest absolute Gasteiger partial charge is 0.368 e. The van der Waals surface area contributed by atoms with Gasteiger partial charge in [0.2, 0.25) is 29.5 Å². The van der Waals surface area contributed by atoms with E-state index in [0.29, 0.717) is 51.9 Å². The van der Waals surface area contributed by atoms with E-state index < -0.39 is 30.1 Å². The van der Waals surface area contributed by atoms with Crippen LogP contribution in [-0.4, -0.2) is 99.5 Å². The number of rotatable bonds is 8. The van der Waals surface area contributed by atoms with Gasteiger partial charge < -0.3 is 25.3 Å². The monoisotopic (exact) mass is 751 g/mol. The Morgan fingerprint density at radius 3 is 0.946 bits per heavy atom. The number of benzene rings is 4. The van der Waals surface area contributed by atoms with Crippen LogP contribution >= 0.6 is 0 Å². The zero-order valence-corrected chi connectivity index (χ0v) is 31.7. The fourth-order valence-electron chi connectivity index (χ4n) is 10.2. The molecule has 0 spiro atoms. The van der Waals surface area contributed by atoms with Gasteiger partial charge in [0.1, 0.15) is 24.2 Å². The molecule has 4 aromatic carbocycles. The molecule has 4 aliphatic rings. The molecular formula is C46H49N5O5. The molecule has 4 heterocycles. The van der Waals surface area contributed by atoms with Crippen molar-refractivity contribution in [1.82, 2.24) is 19.6 Å². The van der Waals surface area contributed by atoms with Crippen molar-refractivity contribution in [2.24, 2.45) is 5.73 Å². The minimum Gasteiger partial charge on any atom is -0.368 e. The fourth-order valence-corrected chi connectivity index (χ4v) is 10.2. The van der Waals surface area contributed by atoms with Gasteiger partial charge in [0.05, 0.1) is 0 Å². The highest BCUT2D eigenvalue weighted by atomic mass is 16.2. The minimum absolute atomic E-state index is 0.178. The third-order valence-electron chi connectivity index (χ3n) is 12.8. The number of nitrogens with zero attached hydrogens (tertiary/aromatic N) is 4. The Hall–Kier alpha value is -5.77. The number of hydrogen-bond donors (Lipinski definition) is 1. The smallest absolute Gasteiger partial charge is 0.246 e. The molecule has 0 radical (unpaired) electrons. The first kappa shape index (κ1) is 37.2. The van der Waals surface area contributed by atoms with Crippen molar-refractivity contribution < 1.29 is 24.0 Å². The van der Waals surface area contributed by atoms with Crippen LogP contribution in [0.3, 0.4) is 0 Å². The molecule has 2 N–H and O–H groups in total. The highest BCUT2D eigenvalue weighted by Crippen LogP contribution is 2.44. The Labute approximate surface area is 328 Å². The third-order valence-corrected chi connectivity index (χ3v) is 12.8. The van der Waals surface area contributed by atoms with Crippen LogP contribution < -0.4 is 5.73 Å². The lowest BCUT2D eigenvalue weighted by Gasteiger charge is -2.38. The molecule has 0 saturated carbocycles. The van der Waals surface area contributed by atoms with Crippen molar-refractivity contribution in [2.75, 3.05) is 26.2 Å². The zero-order valence-electron chi connectivity index (χ0n) is 31.7. The van der Waals surface area contributed by atoms with Gasteiger partial charge in [-0.25, -0.2) is 0 Å². The Balaban J connectivity index is 1.17. The van der Waals surface area contributed by atoms with Crippen molar-refractivity contribution >= 4 is 29.5 Å². The van der Waals surface area contributed by atoms with E-state index in [1.807, 2.05) is 121 Å². The molecule has 288 valence electrons. The average Bonchev–Trinajstić information content (AvgIpc) is 4.06. The number of likely N-dealkylation sites (tertiary alicyclic amines) is 4. The van der Waals surface area contributed by atoms with Gasteiger partial charge in [-0.2, -0.15) is 0 Å². The molecule has 8 atom stereocenters. The second-order valence-corrected chi connectivity index (χ2v) is 15.7. The maximum atomic E-state index is 15.5. The number of carbonyl (C=O) groups excluding carboxylic acids is 5. The summed E-state index contributed by atoms with van der Waals surface area (Å²) in [5.41, 5.74) is 9.88. The van der Waals surface area contributed by atoms with Crippen LogP contribution in [0.2, 0.25) is 0 Å². The van der Waals surface area contributed by atoms with E-state index in [-0.39, 0.29) is 47.3 Å². The molecule has 56 heavy (non-hydrogen) atoms. The fraction of sp³-hybridized carbons (Fsp3) is 0.370. The van der Waals surface area contributed by atoms with Gasteiger partial charge >= 0.3 is 0 Å². The number of nitrogens with two attached hydrogens (primary N) is 1. The highest BCUT2D eigenvalue weighted by molar-refractivity contribution is 5.98. The minimum atomic E-state index is -0.910. The molecule has 0 aliphatic carbocycles. The van der Waals surface area contributed by atoms with Gasteiger partial charge in [-0.15, -0.1) is 0 Å². The summed E-state index contributed by atoms with van der Waals surface area (Å²) in [4.78, 5) is 78.7. The van der Waals surface area contributed by atoms with Gasteiger partial charge in [-0.1, -0.05) is 121 Å². The predicted molar refractivity (Wildman–Crippen MR) is 212 cm³/mol. The first-order valence-corrected chi connectivity index (χ1v) is 19.9. The summed E-state index contributed by atoms with van der Waals surface area (Å²) in [5, 5.41) is 0. The first-order valence-electron chi connectivity index (χ1n) is 19.9. The van der Waals surface area contributed by atoms with Gasteiger partial charge in [0.15, 0.2) is 0 Å². The molecule has 0 bridgehead atoms.